The number of nitrogens with one attached hydrogen (secondary N) is 1. The highest BCUT2D eigenvalue weighted by Crippen LogP contribution is 2.24. The SMILES string of the molecule is Cc1cccc(F)c1NC(=O)N1CCOC[C@@H]1[C@@H]1CCCO1. The molecule has 2 amide bonds. The predicted octanol–water partition coefficient (Wildman–Crippen LogP) is 2.55. The highest BCUT2D eigenvalue weighted by atomic mass is 19.1. The van der Waals surface area contributed by atoms with Crippen LogP contribution in [0.5, 0.6) is 0 Å². The van der Waals surface area contributed by atoms with E-state index in [4.69, 9.17) is 9.47 Å². The van der Waals surface area contributed by atoms with Gasteiger partial charge in [-0.05, 0) is 31.4 Å². The number of amides is 2. The van der Waals surface area contributed by atoms with E-state index >= 15 is 0 Å². The van der Waals surface area contributed by atoms with Crippen molar-refractivity contribution in [3.63, 3.8) is 0 Å². The van der Waals surface area contributed by atoms with Crippen molar-refractivity contribution in [2.75, 3.05) is 31.7 Å². The molecule has 0 spiro atoms. The van der Waals surface area contributed by atoms with Crippen LogP contribution in [0.15, 0.2) is 18.2 Å². The molecule has 0 radical (unpaired) electrons. The van der Waals surface area contributed by atoms with Crippen LogP contribution in [0.4, 0.5) is 14.9 Å². The zero-order valence-electron chi connectivity index (χ0n) is 12.7. The molecule has 3 rings (SSSR count). The van der Waals surface area contributed by atoms with Crippen LogP contribution in [-0.4, -0.2) is 49.4 Å². The molecule has 2 aliphatic heterocycles. The number of hydrogen-bond acceptors (Lipinski definition) is 3. The van der Waals surface area contributed by atoms with Crippen LogP contribution in [0.3, 0.4) is 0 Å². The van der Waals surface area contributed by atoms with Gasteiger partial charge in [0, 0.05) is 13.2 Å². The Morgan fingerprint density at radius 3 is 3.00 bits per heavy atom. The first-order valence-electron chi connectivity index (χ1n) is 7.69. The summed E-state index contributed by atoms with van der Waals surface area (Å²) in [5.74, 6) is -0.421. The average molecular weight is 308 g/mol. The minimum absolute atomic E-state index is 0.00719. The molecule has 5 nitrogen and oxygen atoms in total. The number of nitrogens with zero attached hydrogens (tertiary/aromatic N) is 1. The van der Waals surface area contributed by atoms with Crippen molar-refractivity contribution in [3.05, 3.63) is 29.6 Å². The minimum atomic E-state index is -0.421. The second-order valence-electron chi connectivity index (χ2n) is 5.75. The fraction of sp³-hybridized carbons (Fsp3) is 0.562. The standard InChI is InChI=1S/C16H21FN2O3/c1-11-4-2-5-12(17)15(11)18-16(20)19-7-9-21-10-13(19)14-6-3-8-22-14/h2,4-5,13-14H,3,6-10H2,1H3,(H,18,20)/t13-,14+/m1/s1. The lowest BCUT2D eigenvalue weighted by Crippen LogP contribution is -2.55. The monoisotopic (exact) mass is 308 g/mol. The Kier molecular flexibility index (Phi) is 4.59. The highest BCUT2D eigenvalue weighted by Gasteiger charge is 2.36. The molecule has 120 valence electrons. The van der Waals surface area contributed by atoms with Crippen molar-refractivity contribution >= 4 is 11.7 Å². The minimum Gasteiger partial charge on any atom is -0.377 e. The van der Waals surface area contributed by atoms with Crippen LogP contribution >= 0.6 is 0 Å². The largest absolute Gasteiger partial charge is 0.377 e. The molecule has 6 heteroatoms. The Morgan fingerprint density at radius 2 is 2.27 bits per heavy atom. The lowest BCUT2D eigenvalue weighted by atomic mass is 10.1. The van der Waals surface area contributed by atoms with Crippen molar-refractivity contribution in [1.82, 2.24) is 4.90 Å². The van der Waals surface area contributed by atoms with Crippen molar-refractivity contribution in [1.29, 1.82) is 0 Å². The molecule has 0 bridgehead atoms. The van der Waals surface area contributed by atoms with Crippen molar-refractivity contribution in [2.45, 2.75) is 31.9 Å². The van der Waals surface area contributed by atoms with Gasteiger partial charge in [0.1, 0.15) is 5.82 Å². The van der Waals surface area contributed by atoms with E-state index in [9.17, 15) is 9.18 Å². The first kappa shape index (κ1) is 15.2. The summed E-state index contributed by atoms with van der Waals surface area (Å²) < 4.78 is 25.1. The fourth-order valence-electron chi connectivity index (χ4n) is 3.06. The number of anilines is 1. The summed E-state index contributed by atoms with van der Waals surface area (Å²) in [5, 5.41) is 2.70. The molecular formula is C16H21FN2O3. The Morgan fingerprint density at radius 1 is 1.41 bits per heavy atom. The summed E-state index contributed by atoms with van der Waals surface area (Å²) >= 11 is 0. The van der Waals surface area contributed by atoms with Gasteiger partial charge >= 0.3 is 6.03 Å². The number of halogens is 1. The maximum absolute atomic E-state index is 13.9. The van der Waals surface area contributed by atoms with E-state index < -0.39 is 5.82 Å². The van der Waals surface area contributed by atoms with E-state index in [0.717, 1.165) is 19.4 Å². The van der Waals surface area contributed by atoms with Gasteiger partial charge in [0.15, 0.2) is 0 Å². The van der Waals surface area contributed by atoms with Gasteiger partial charge in [0.05, 0.1) is 31.0 Å². The van der Waals surface area contributed by atoms with Gasteiger partial charge in [-0.1, -0.05) is 12.1 Å². The summed E-state index contributed by atoms with van der Waals surface area (Å²) in [6.07, 6.45) is 1.94. The van der Waals surface area contributed by atoms with Gasteiger partial charge in [0.2, 0.25) is 0 Å². The third-order valence-corrected chi connectivity index (χ3v) is 4.27. The Bertz CT molecular complexity index is 526. The van der Waals surface area contributed by atoms with Gasteiger partial charge in [0.25, 0.3) is 0 Å². The van der Waals surface area contributed by atoms with Crippen molar-refractivity contribution < 1.29 is 18.7 Å². The molecule has 2 atom stereocenters. The lowest BCUT2D eigenvalue weighted by Gasteiger charge is -2.38. The smallest absolute Gasteiger partial charge is 0.322 e. The Labute approximate surface area is 129 Å². The van der Waals surface area contributed by atoms with Crippen LogP contribution in [0.1, 0.15) is 18.4 Å². The predicted molar refractivity (Wildman–Crippen MR) is 80.4 cm³/mol. The number of rotatable bonds is 2. The highest BCUT2D eigenvalue weighted by molar-refractivity contribution is 5.90. The molecule has 1 aromatic rings. The van der Waals surface area contributed by atoms with Crippen LogP contribution < -0.4 is 5.32 Å². The zero-order chi connectivity index (χ0) is 15.5. The number of carbonyl (C=O) groups is 1. The third kappa shape index (κ3) is 3.08. The van der Waals surface area contributed by atoms with Crippen LogP contribution in [0.25, 0.3) is 0 Å². The number of aryl methyl sites for hydroxylation is 1. The van der Waals surface area contributed by atoms with Gasteiger partial charge in [-0.2, -0.15) is 0 Å². The van der Waals surface area contributed by atoms with E-state index in [-0.39, 0.29) is 23.9 Å². The molecule has 2 heterocycles. The van der Waals surface area contributed by atoms with Gasteiger partial charge in [-0.25, -0.2) is 9.18 Å². The lowest BCUT2D eigenvalue weighted by molar-refractivity contribution is -0.0452. The molecule has 1 N–H and O–H groups in total. The second-order valence-corrected chi connectivity index (χ2v) is 5.75. The third-order valence-electron chi connectivity index (χ3n) is 4.27. The number of urea groups is 1. The molecule has 2 fully saturated rings. The van der Waals surface area contributed by atoms with Crippen LogP contribution in [0, 0.1) is 12.7 Å². The first-order valence-corrected chi connectivity index (χ1v) is 7.69. The Hall–Kier alpha value is -1.66. The average Bonchev–Trinajstić information content (AvgIpc) is 3.05. The number of carbonyl (C=O) groups excluding carboxylic acids is 1. The van der Waals surface area contributed by atoms with Gasteiger partial charge in [-0.15, -0.1) is 0 Å². The summed E-state index contributed by atoms with van der Waals surface area (Å²) in [4.78, 5) is 14.3. The topological polar surface area (TPSA) is 50.8 Å². The number of ether oxygens (including phenoxy) is 2. The van der Waals surface area contributed by atoms with E-state index in [1.165, 1.54) is 6.07 Å². The van der Waals surface area contributed by atoms with Gasteiger partial charge < -0.3 is 19.7 Å². The Balaban J connectivity index is 1.74. The van der Waals surface area contributed by atoms with Crippen molar-refractivity contribution in [2.24, 2.45) is 0 Å². The van der Waals surface area contributed by atoms with Crippen LogP contribution in [-0.2, 0) is 9.47 Å². The summed E-state index contributed by atoms with van der Waals surface area (Å²) in [6, 6.07) is 4.35. The molecule has 0 saturated carbocycles. The zero-order valence-corrected chi connectivity index (χ0v) is 12.7. The number of hydrogen-bond donors (Lipinski definition) is 1. The molecular weight excluding hydrogens is 287 g/mol. The maximum atomic E-state index is 13.9. The molecule has 0 unspecified atom stereocenters. The molecule has 22 heavy (non-hydrogen) atoms. The van der Waals surface area contributed by atoms with Gasteiger partial charge in [-0.3, -0.25) is 0 Å². The van der Waals surface area contributed by atoms with E-state index in [0.29, 0.717) is 25.3 Å². The normalized spacial score (nSPS) is 25.3. The molecule has 0 aromatic heterocycles. The number of para-hydroxylation sites is 1. The molecule has 0 aliphatic carbocycles. The fourth-order valence-corrected chi connectivity index (χ4v) is 3.06. The van der Waals surface area contributed by atoms with E-state index in [1.54, 1.807) is 24.0 Å². The maximum Gasteiger partial charge on any atom is 0.322 e. The molecule has 2 aliphatic rings. The summed E-state index contributed by atoms with van der Waals surface area (Å²) in [6.45, 7) is 3.95. The first-order chi connectivity index (χ1) is 10.7. The molecule has 2 saturated heterocycles. The van der Waals surface area contributed by atoms with E-state index in [2.05, 4.69) is 5.32 Å². The molecule has 1 aromatic carbocycles. The summed E-state index contributed by atoms with van der Waals surface area (Å²) in [7, 11) is 0. The van der Waals surface area contributed by atoms with E-state index in [1.807, 2.05) is 0 Å². The number of morpholine rings is 1. The van der Waals surface area contributed by atoms with Crippen LogP contribution in [0.2, 0.25) is 0 Å². The quantitative estimate of drug-likeness (QED) is 0.913. The summed E-state index contributed by atoms with van der Waals surface area (Å²) in [5.41, 5.74) is 0.945. The second kappa shape index (κ2) is 6.62. The van der Waals surface area contributed by atoms with Crippen molar-refractivity contribution in [3.8, 4) is 0 Å². The number of benzene rings is 1.